The number of hydrogen-bond donors (Lipinski definition) is 4. The Hall–Kier alpha value is -3.28. The number of para-hydroxylation sites is 1. The summed E-state index contributed by atoms with van der Waals surface area (Å²) in [5, 5.41) is 24.3. The number of aliphatic hydroxyl groups is 2. The van der Waals surface area contributed by atoms with E-state index in [9.17, 15) is 29.2 Å². The highest BCUT2D eigenvalue weighted by molar-refractivity contribution is 7.52. The maximum Gasteiger partial charge on any atom is 0.459 e. The van der Waals surface area contributed by atoms with Crippen molar-refractivity contribution in [3.63, 3.8) is 0 Å². The molecule has 6 atom stereocenters. The number of nitrogens with zero attached hydrogens (tertiary/aromatic N) is 1. The van der Waals surface area contributed by atoms with Crippen LogP contribution in [0.5, 0.6) is 5.75 Å². The lowest BCUT2D eigenvalue weighted by Crippen LogP contribution is -2.48. The van der Waals surface area contributed by atoms with E-state index in [0.717, 1.165) is 16.8 Å². The van der Waals surface area contributed by atoms with E-state index in [4.69, 9.17) is 29.7 Å². The number of nitrogens with one attached hydrogen (secondary N) is 2. The fourth-order valence-electron chi connectivity index (χ4n) is 4.18. The summed E-state index contributed by atoms with van der Waals surface area (Å²) in [4.78, 5) is 38.5. The quantitative estimate of drug-likeness (QED) is 0.169. The van der Waals surface area contributed by atoms with Crippen molar-refractivity contribution >= 4 is 13.7 Å². The van der Waals surface area contributed by atoms with Gasteiger partial charge in [-0.2, -0.15) is 5.09 Å². The van der Waals surface area contributed by atoms with Gasteiger partial charge in [0.15, 0.2) is 11.8 Å². The lowest BCUT2D eigenvalue weighted by Gasteiger charge is -2.27. The number of ether oxygens (including phenoxy) is 3. The van der Waals surface area contributed by atoms with E-state index in [0.29, 0.717) is 26.1 Å². The van der Waals surface area contributed by atoms with E-state index in [2.05, 4.69) is 5.09 Å². The van der Waals surface area contributed by atoms with Crippen LogP contribution >= 0.6 is 7.75 Å². The Kier molecular flexibility index (Phi) is 9.27. The summed E-state index contributed by atoms with van der Waals surface area (Å²) < 4.78 is 42.1. The van der Waals surface area contributed by atoms with Gasteiger partial charge < -0.3 is 28.9 Å². The molecule has 4 N–H and O–H groups in total. The summed E-state index contributed by atoms with van der Waals surface area (Å²) in [5.41, 5.74) is -4.07. The van der Waals surface area contributed by atoms with Crippen molar-refractivity contribution in [3.05, 3.63) is 63.4 Å². The van der Waals surface area contributed by atoms with Crippen molar-refractivity contribution in [3.8, 4) is 18.1 Å². The normalized spacial score (nSPS) is 27.3. The number of aromatic nitrogens is 2. The van der Waals surface area contributed by atoms with Crippen LogP contribution in [0.15, 0.2) is 52.2 Å². The van der Waals surface area contributed by atoms with Gasteiger partial charge in [-0.3, -0.25) is 23.7 Å². The Morgan fingerprint density at radius 2 is 2.00 bits per heavy atom. The summed E-state index contributed by atoms with van der Waals surface area (Å²) in [7, 11) is -4.36. The standard InChI is InChI=1S/C25H30N3O11P/c1-3-25(33)21(30)19(38-23(25)28-12-9-20(29)26-24(28)32)15-36-40(34,39-18-7-5-4-6-8-18)27-16(2)22(31)37-17-10-13-35-14-11-17/h1,4-9,12,16-17,19,21,23,30,33H,10-11,13-15H2,2H3,(H,27,34)(H,26,29,32)/t16?,19-,21-,23-,25-,40?/m1/s1. The number of hydrogen-bond acceptors (Lipinski definition) is 11. The number of esters is 1. The summed E-state index contributed by atoms with van der Waals surface area (Å²) in [6, 6.07) is 7.87. The van der Waals surface area contributed by atoms with E-state index < -0.39 is 61.7 Å². The minimum Gasteiger partial charge on any atom is -0.461 e. The molecule has 0 amide bonds. The molecule has 2 aliphatic heterocycles. The van der Waals surface area contributed by atoms with Crippen LogP contribution in [-0.2, 0) is 28.1 Å². The Labute approximate surface area is 228 Å². The molecule has 1 aromatic heterocycles. The molecular weight excluding hydrogens is 549 g/mol. The highest BCUT2D eigenvalue weighted by Crippen LogP contribution is 2.47. The van der Waals surface area contributed by atoms with Crippen LogP contribution in [-0.4, -0.2) is 75.5 Å². The largest absolute Gasteiger partial charge is 0.461 e. The second-order valence-electron chi connectivity index (χ2n) is 9.26. The highest BCUT2D eigenvalue weighted by Gasteiger charge is 2.56. The monoisotopic (exact) mass is 579 g/mol. The molecule has 0 spiro atoms. The van der Waals surface area contributed by atoms with E-state index in [1.165, 1.54) is 19.1 Å². The first-order valence-electron chi connectivity index (χ1n) is 12.4. The third-order valence-corrected chi connectivity index (χ3v) is 8.00. The Bertz CT molecular complexity index is 1380. The van der Waals surface area contributed by atoms with Crippen LogP contribution in [0.2, 0.25) is 0 Å². The van der Waals surface area contributed by atoms with Crippen molar-refractivity contribution in [1.29, 1.82) is 0 Å². The average molecular weight is 579 g/mol. The first kappa shape index (κ1) is 29.7. The summed E-state index contributed by atoms with van der Waals surface area (Å²) >= 11 is 0. The predicted octanol–water partition coefficient (Wildman–Crippen LogP) is 0.0632. The van der Waals surface area contributed by atoms with Gasteiger partial charge in [0.25, 0.3) is 5.56 Å². The molecule has 0 bridgehead atoms. The molecule has 14 nitrogen and oxygen atoms in total. The number of benzene rings is 1. The van der Waals surface area contributed by atoms with Gasteiger partial charge in [0.05, 0.1) is 19.8 Å². The molecule has 2 aromatic rings. The maximum absolute atomic E-state index is 13.8. The lowest BCUT2D eigenvalue weighted by atomic mass is 9.95. The number of rotatable bonds is 10. The van der Waals surface area contributed by atoms with Crippen molar-refractivity contribution in [2.24, 2.45) is 0 Å². The molecule has 3 heterocycles. The van der Waals surface area contributed by atoms with Gasteiger partial charge >= 0.3 is 19.4 Å². The first-order valence-corrected chi connectivity index (χ1v) is 14.0. The molecule has 2 unspecified atom stereocenters. The number of carbonyl (C=O) groups is 1. The smallest absolute Gasteiger partial charge is 0.459 e. The Morgan fingerprint density at radius 1 is 1.30 bits per heavy atom. The SMILES string of the molecule is C#C[C@@]1(O)[C@H](O)[C@@H](COP(=O)(NC(C)C(=O)OC2CCOCC2)Oc2ccccc2)O[C@H]1n1ccc(=O)[nH]c1=O. The molecule has 15 heteroatoms. The van der Waals surface area contributed by atoms with E-state index in [1.807, 2.05) is 10.9 Å². The molecule has 2 aliphatic rings. The molecule has 4 rings (SSSR count). The molecule has 0 radical (unpaired) electrons. The van der Waals surface area contributed by atoms with Gasteiger partial charge in [-0.05, 0) is 19.1 Å². The van der Waals surface area contributed by atoms with E-state index in [-0.39, 0.29) is 11.9 Å². The van der Waals surface area contributed by atoms with Crippen molar-refractivity contribution in [1.82, 2.24) is 14.6 Å². The van der Waals surface area contributed by atoms with Crippen LogP contribution in [0.3, 0.4) is 0 Å². The van der Waals surface area contributed by atoms with Gasteiger partial charge in [-0.25, -0.2) is 9.36 Å². The van der Waals surface area contributed by atoms with Crippen LogP contribution < -0.4 is 20.9 Å². The Morgan fingerprint density at radius 3 is 2.65 bits per heavy atom. The lowest BCUT2D eigenvalue weighted by molar-refractivity contribution is -0.154. The molecule has 40 heavy (non-hydrogen) atoms. The predicted molar refractivity (Wildman–Crippen MR) is 138 cm³/mol. The average Bonchev–Trinajstić information content (AvgIpc) is 3.18. The fraction of sp³-hybridized carbons (Fsp3) is 0.480. The van der Waals surface area contributed by atoms with Gasteiger partial charge in [-0.15, -0.1) is 6.42 Å². The highest BCUT2D eigenvalue weighted by atomic mass is 31.2. The number of aliphatic hydroxyl groups excluding tert-OH is 1. The minimum absolute atomic E-state index is 0.147. The maximum atomic E-state index is 13.8. The summed E-state index contributed by atoms with van der Waals surface area (Å²) in [6.07, 6.45) is 2.37. The number of H-pyrrole nitrogens is 1. The number of aromatic amines is 1. The van der Waals surface area contributed by atoms with Gasteiger partial charge in [-0.1, -0.05) is 24.1 Å². The summed E-state index contributed by atoms with van der Waals surface area (Å²) in [6.45, 7) is 1.68. The van der Waals surface area contributed by atoms with Crippen molar-refractivity contribution in [2.45, 2.75) is 55.9 Å². The zero-order valence-corrected chi connectivity index (χ0v) is 22.4. The van der Waals surface area contributed by atoms with Crippen LogP contribution in [0, 0.1) is 12.3 Å². The zero-order chi connectivity index (χ0) is 28.9. The molecule has 2 saturated heterocycles. The zero-order valence-electron chi connectivity index (χ0n) is 21.5. The minimum atomic E-state index is -4.36. The van der Waals surface area contributed by atoms with Crippen LogP contribution in [0.4, 0.5) is 0 Å². The summed E-state index contributed by atoms with van der Waals surface area (Å²) in [5.74, 6) is 1.48. The van der Waals surface area contributed by atoms with Gasteiger partial charge in [0.2, 0.25) is 0 Å². The van der Waals surface area contributed by atoms with Gasteiger partial charge in [0.1, 0.15) is 30.1 Å². The molecule has 0 saturated carbocycles. The number of carbonyl (C=O) groups excluding carboxylic acids is 1. The molecular formula is C25H30N3O11P. The van der Waals surface area contributed by atoms with Crippen molar-refractivity contribution in [2.75, 3.05) is 19.8 Å². The third kappa shape index (κ3) is 6.71. The Balaban J connectivity index is 1.51. The fourth-order valence-corrected chi connectivity index (χ4v) is 5.68. The van der Waals surface area contributed by atoms with Crippen LogP contribution in [0.25, 0.3) is 0 Å². The van der Waals surface area contributed by atoms with Gasteiger partial charge in [0, 0.05) is 25.1 Å². The second-order valence-corrected chi connectivity index (χ2v) is 10.9. The topological polar surface area (TPSA) is 188 Å². The molecule has 0 aliphatic carbocycles. The second kappa shape index (κ2) is 12.5. The molecule has 216 valence electrons. The van der Waals surface area contributed by atoms with E-state index in [1.54, 1.807) is 18.2 Å². The first-order chi connectivity index (χ1) is 19.0. The molecule has 1 aromatic carbocycles. The van der Waals surface area contributed by atoms with E-state index >= 15 is 0 Å². The molecule has 2 fully saturated rings. The van der Waals surface area contributed by atoms with Crippen molar-refractivity contribution < 1.29 is 42.8 Å². The number of terminal acetylenes is 1. The van der Waals surface area contributed by atoms with Crippen LogP contribution in [0.1, 0.15) is 26.0 Å². The third-order valence-electron chi connectivity index (χ3n) is 6.35.